The first-order chi connectivity index (χ1) is 9.79. The molecule has 0 saturated carbocycles. The molecular weight excluding hydrogens is 358 g/mol. The van der Waals surface area contributed by atoms with Gasteiger partial charge in [0.25, 0.3) is 10.0 Å². The fourth-order valence-corrected chi connectivity index (χ4v) is 3.06. The molecular formula is C14H11BrNO4S-. The molecule has 7 heteroatoms. The second-order valence-corrected chi connectivity index (χ2v) is 6.97. The van der Waals surface area contributed by atoms with Crippen molar-refractivity contribution in [1.82, 2.24) is 0 Å². The number of nitrogens with one attached hydrogen (secondary N) is 1. The predicted molar refractivity (Wildman–Crippen MR) is 80.5 cm³/mol. The molecule has 0 heterocycles. The first kappa shape index (κ1) is 15.5. The van der Waals surface area contributed by atoms with E-state index in [4.69, 9.17) is 0 Å². The van der Waals surface area contributed by atoms with Crippen molar-refractivity contribution in [2.24, 2.45) is 0 Å². The SMILES string of the molecule is Cc1ccc(C(=O)[O-])cc1NS(=O)(=O)c1ccc(Br)cc1. The number of carboxylic acid groups (broad SMARTS) is 1. The van der Waals surface area contributed by atoms with Crippen molar-refractivity contribution in [1.29, 1.82) is 0 Å². The highest BCUT2D eigenvalue weighted by molar-refractivity contribution is 9.10. The van der Waals surface area contributed by atoms with E-state index in [2.05, 4.69) is 20.7 Å². The number of carbonyl (C=O) groups excluding carboxylic acids is 1. The van der Waals surface area contributed by atoms with Crippen molar-refractivity contribution in [3.05, 3.63) is 58.1 Å². The number of rotatable bonds is 4. The normalized spacial score (nSPS) is 11.1. The van der Waals surface area contributed by atoms with Crippen molar-refractivity contribution in [3.8, 4) is 0 Å². The summed E-state index contributed by atoms with van der Waals surface area (Å²) in [5, 5.41) is 10.8. The maximum Gasteiger partial charge on any atom is 0.261 e. The van der Waals surface area contributed by atoms with Crippen LogP contribution in [0.25, 0.3) is 0 Å². The molecule has 0 aliphatic rings. The van der Waals surface area contributed by atoms with Gasteiger partial charge in [-0.15, -0.1) is 0 Å². The highest BCUT2D eigenvalue weighted by Crippen LogP contribution is 2.22. The van der Waals surface area contributed by atoms with Crippen molar-refractivity contribution in [3.63, 3.8) is 0 Å². The molecule has 0 radical (unpaired) electrons. The van der Waals surface area contributed by atoms with E-state index in [1.807, 2.05) is 0 Å². The Hall–Kier alpha value is -1.86. The largest absolute Gasteiger partial charge is 0.545 e. The van der Waals surface area contributed by atoms with Crippen molar-refractivity contribution >= 4 is 37.6 Å². The molecule has 0 saturated heterocycles. The van der Waals surface area contributed by atoms with Gasteiger partial charge in [-0.05, 0) is 48.4 Å². The number of carbonyl (C=O) groups is 1. The van der Waals surface area contributed by atoms with E-state index in [1.165, 1.54) is 30.3 Å². The zero-order valence-electron chi connectivity index (χ0n) is 11.0. The fraction of sp³-hybridized carbons (Fsp3) is 0.0714. The molecule has 0 atom stereocenters. The molecule has 21 heavy (non-hydrogen) atoms. The van der Waals surface area contributed by atoms with Crippen LogP contribution in [0.5, 0.6) is 0 Å². The molecule has 0 bridgehead atoms. The third-order valence-electron chi connectivity index (χ3n) is 2.84. The van der Waals surface area contributed by atoms with Gasteiger partial charge in [-0.1, -0.05) is 28.1 Å². The van der Waals surface area contributed by atoms with Crippen LogP contribution in [-0.2, 0) is 10.0 Å². The Bertz CT molecular complexity index is 785. The number of aryl methyl sites for hydroxylation is 1. The monoisotopic (exact) mass is 368 g/mol. The molecule has 0 aliphatic carbocycles. The smallest absolute Gasteiger partial charge is 0.261 e. The molecule has 0 aliphatic heterocycles. The van der Waals surface area contributed by atoms with Gasteiger partial charge in [0.2, 0.25) is 0 Å². The number of carboxylic acids is 1. The topological polar surface area (TPSA) is 86.3 Å². The van der Waals surface area contributed by atoms with Gasteiger partial charge in [-0.3, -0.25) is 4.72 Å². The molecule has 0 amide bonds. The lowest BCUT2D eigenvalue weighted by Gasteiger charge is -2.12. The summed E-state index contributed by atoms with van der Waals surface area (Å²) in [6.07, 6.45) is 0. The second kappa shape index (κ2) is 5.87. The predicted octanol–water partition coefficient (Wildman–Crippen LogP) is 1.92. The average molecular weight is 369 g/mol. The van der Waals surface area contributed by atoms with Gasteiger partial charge < -0.3 is 9.90 Å². The Morgan fingerprint density at radius 3 is 2.33 bits per heavy atom. The summed E-state index contributed by atoms with van der Waals surface area (Å²) in [6.45, 7) is 1.68. The molecule has 1 N–H and O–H groups in total. The average Bonchev–Trinajstić information content (AvgIpc) is 2.41. The minimum absolute atomic E-state index is 0.0870. The molecule has 2 aromatic rings. The van der Waals surface area contributed by atoms with Gasteiger partial charge in [0.15, 0.2) is 0 Å². The number of hydrogen-bond acceptors (Lipinski definition) is 4. The van der Waals surface area contributed by atoms with Gasteiger partial charge in [-0.25, -0.2) is 8.42 Å². The van der Waals surface area contributed by atoms with Crippen molar-refractivity contribution in [2.75, 3.05) is 4.72 Å². The number of aromatic carboxylic acids is 1. The van der Waals surface area contributed by atoms with E-state index in [1.54, 1.807) is 19.1 Å². The van der Waals surface area contributed by atoms with Crippen LogP contribution in [-0.4, -0.2) is 14.4 Å². The summed E-state index contributed by atoms with van der Waals surface area (Å²) in [5.41, 5.74) is 0.731. The number of anilines is 1. The minimum atomic E-state index is -3.78. The highest BCUT2D eigenvalue weighted by atomic mass is 79.9. The van der Waals surface area contributed by atoms with E-state index in [-0.39, 0.29) is 16.1 Å². The van der Waals surface area contributed by atoms with E-state index >= 15 is 0 Å². The van der Waals surface area contributed by atoms with Gasteiger partial charge in [0, 0.05) is 4.47 Å². The van der Waals surface area contributed by atoms with E-state index in [9.17, 15) is 18.3 Å². The van der Waals surface area contributed by atoms with Crippen LogP contribution >= 0.6 is 15.9 Å². The first-order valence-corrected chi connectivity index (χ1v) is 8.17. The highest BCUT2D eigenvalue weighted by Gasteiger charge is 2.15. The molecule has 0 unspecified atom stereocenters. The van der Waals surface area contributed by atoms with E-state index in [0.717, 1.165) is 4.47 Å². The lowest BCUT2D eigenvalue weighted by Crippen LogP contribution is -2.22. The Morgan fingerprint density at radius 1 is 1.14 bits per heavy atom. The molecule has 2 aromatic carbocycles. The zero-order valence-corrected chi connectivity index (χ0v) is 13.4. The lowest BCUT2D eigenvalue weighted by atomic mass is 10.1. The first-order valence-electron chi connectivity index (χ1n) is 5.90. The van der Waals surface area contributed by atoms with Gasteiger partial charge in [0.05, 0.1) is 16.6 Å². The number of sulfonamides is 1. The summed E-state index contributed by atoms with van der Waals surface area (Å²) in [5.74, 6) is -1.36. The molecule has 0 aromatic heterocycles. The maximum atomic E-state index is 12.3. The van der Waals surface area contributed by atoms with Gasteiger partial charge in [0.1, 0.15) is 0 Å². The molecule has 0 spiro atoms. The number of benzene rings is 2. The summed E-state index contributed by atoms with van der Waals surface area (Å²) in [4.78, 5) is 10.9. The second-order valence-electron chi connectivity index (χ2n) is 4.38. The van der Waals surface area contributed by atoms with Gasteiger partial charge >= 0.3 is 0 Å². The van der Waals surface area contributed by atoms with Crippen molar-refractivity contribution < 1.29 is 18.3 Å². The Balaban J connectivity index is 2.38. The minimum Gasteiger partial charge on any atom is -0.545 e. The van der Waals surface area contributed by atoms with E-state index in [0.29, 0.717) is 5.56 Å². The van der Waals surface area contributed by atoms with Crippen LogP contribution in [0, 0.1) is 6.92 Å². The summed E-state index contributed by atoms with van der Waals surface area (Å²) in [7, 11) is -3.78. The van der Waals surface area contributed by atoms with Crippen LogP contribution in [0.4, 0.5) is 5.69 Å². The molecule has 110 valence electrons. The third-order valence-corrected chi connectivity index (χ3v) is 4.75. The summed E-state index contributed by atoms with van der Waals surface area (Å²) >= 11 is 3.23. The van der Waals surface area contributed by atoms with Crippen LogP contribution in [0.3, 0.4) is 0 Å². The van der Waals surface area contributed by atoms with Crippen LogP contribution in [0.2, 0.25) is 0 Å². The lowest BCUT2D eigenvalue weighted by molar-refractivity contribution is -0.255. The maximum absolute atomic E-state index is 12.3. The Labute approximate surface area is 130 Å². The van der Waals surface area contributed by atoms with Gasteiger partial charge in [-0.2, -0.15) is 0 Å². The molecule has 2 rings (SSSR count). The van der Waals surface area contributed by atoms with Crippen LogP contribution in [0.15, 0.2) is 51.8 Å². The number of hydrogen-bond donors (Lipinski definition) is 1. The quantitative estimate of drug-likeness (QED) is 0.892. The third kappa shape index (κ3) is 3.62. The Kier molecular flexibility index (Phi) is 4.34. The summed E-state index contributed by atoms with van der Waals surface area (Å²) < 4.78 is 27.7. The Morgan fingerprint density at radius 2 is 1.76 bits per heavy atom. The number of halogens is 1. The molecule has 5 nitrogen and oxygen atoms in total. The standard InChI is InChI=1S/C14H12BrNO4S/c1-9-2-3-10(14(17)18)8-13(9)16-21(19,20)12-6-4-11(15)5-7-12/h2-8,16H,1H3,(H,17,18)/p-1. The van der Waals surface area contributed by atoms with Crippen LogP contribution in [0.1, 0.15) is 15.9 Å². The summed E-state index contributed by atoms with van der Waals surface area (Å²) in [6, 6.07) is 10.2. The molecule has 0 fully saturated rings. The fourth-order valence-electron chi connectivity index (χ4n) is 1.68. The zero-order chi connectivity index (χ0) is 15.6. The van der Waals surface area contributed by atoms with Crippen LogP contribution < -0.4 is 9.83 Å². The van der Waals surface area contributed by atoms with Crippen molar-refractivity contribution in [2.45, 2.75) is 11.8 Å². The van der Waals surface area contributed by atoms with E-state index < -0.39 is 16.0 Å².